The van der Waals surface area contributed by atoms with Gasteiger partial charge in [0.2, 0.25) is 11.9 Å². The molecule has 1 aliphatic rings. The Kier molecular flexibility index (Phi) is 4.29. The Morgan fingerprint density at radius 3 is 2.86 bits per heavy atom. The molecule has 0 N–H and O–H groups in total. The summed E-state index contributed by atoms with van der Waals surface area (Å²) >= 11 is 0. The first-order valence-electron chi connectivity index (χ1n) is 5.17. The third kappa shape index (κ3) is 2.65. The zero-order chi connectivity index (χ0) is 10.4. The third-order valence-corrected chi connectivity index (χ3v) is 2.00. The molecule has 4 nitrogen and oxygen atoms in total. The van der Waals surface area contributed by atoms with Crippen LogP contribution < -0.4 is 0 Å². The zero-order valence-electron chi connectivity index (χ0n) is 8.86. The van der Waals surface area contributed by atoms with E-state index in [9.17, 15) is 4.79 Å². The highest BCUT2D eigenvalue weighted by Crippen LogP contribution is 2.11. The molecule has 4 heteroatoms. The van der Waals surface area contributed by atoms with Gasteiger partial charge in [0.1, 0.15) is 0 Å². The Bertz CT molecular complexity index is 258. The lowest BCUT2D eigenvalue weighted by molar-refractivity contribution is -0.124. The number of carbonyl (C=O) groups excluding carboxylic acids is 1. The normalized spacial score (nSPS) is 18.6. The predicted octanol–water partition coefficient (Wildman–Crippen LogP) is 1.47. The molecule has 14 heavy (non-hydrogen) atoms. The van der Waals surface area contributed by atoms with Gasteiger partial charge in [-0.2, -0.15) is 0 Å². The average molecular weight is 195 g/mol. The van der Waals surface area contributed by atoms with E-state index < -0.39 is 0 Å². The maximum Gasteiger partial charge on any atom is 0.229 e. The molecule has 0 radical (unpaired) electrons. The molecule has 1 heterocycles. The van der Waals surface area contributed by atoms with Crippen LogP contribution in [-0.2, 0) is 4.79 Å². The quantitative estimate of drug-likeness (QED) is 0.486. The minimum absolute atomic E-state index is 0.144. The van der Waals surface area contributed by atoms with Crippen LogP contribution in [0.3, 0.4) is 0 Å². The molecule has 0 aromatic heterocycles. The molecule has 0 unspecified atom stereocenters. The molecule has 0 saturated carbocycles. The second kappa shape index (κ2) is 5.52. The highest BCUT2D eigenvalue weighted by molar-refractivity contribution is 6.01. The Labute approximate surface area is 84.7 Å². The minimum Gasteiger partial charge on any atom is -0.281 e. The maximum atomic E-state index is 11.4. The van der Waals surface area contributed by atoms with Gasteiger partial charge < -0.3 is 0 Å². The van der Waals surface area contributed by atoms with Gasteiger partial charge in [-0.3, -0.25) is 14.7 Å². The number of aliphatic imine (C=N–C) groups is 2. The molecule has 78 valence electrons. The van der Waals surface area contributed by atoms with Crippen LogP contribution in [0.15, 0.2) is 9.98 Å². The van der Waals surface area contributed by atoms with Crippen LogP contribution in [0, 0.1) is 0 Å². The molecular formula is C10H17N3O. The molecule has 1 amide bonds. The van der Waals surface area contributed by atoms with Crippen molar-refractivity contribution >= 4 is 18.1 Å². The van der Waals surface area contributed by atoms with Gasteiger partial charge in [0, 0.05) is 25.7 Å². The summed E-state index contributed by atoms with van der Waals surface area (Å²) in [7, 11) is 0. The molecular weight excluding hydrogens is 178 g/mol. The molecule has 1 aliphatic heterocycles. The SMILES string of the molecule is CC/C=N\C(=NCC)N1CCCC1=O. The Hall–Kier alpha value is -1.19. The smallest absolute Gasteiger partial charge is 0.229 e. The van der Waals surface area contributed by atoms with E-state index >= 15 is 0 Å². The van der Waals surface area contributed by atoms with Gasteiger partial charge in [-0.15, -0.1) is 0 Å². The molecule has 0 aromatic rings. The average Bonchev–Trinajstić information content (AvgIpc) is 2.59. The Morgan fingerprint density at radius 1 is 1.57 bits per heavy atom. The standard InChI is InChI=1S/C10H17N3O/c1-3-7-12-10(11-4-2)13-8-5-6-9(13)14/h7H,3-6,8H2,1-2H3/b11-10?,12-7-. The lowest BCUT2D eigenvalue weighted by Crippen LogP contribution is -2.30. The van der Waals surface area contributed by atoms with E-state index in [4.69, 9.17) is 0 Å². The third-order valence-electron chi connectivity index (χ3n) is 2.00. The maximum absolute atomic E-state index is 11.4. The van der Waals surface area contributed by atoms with Gasteiger partial charge in [0.05, 0.1) is 0 Å². The predicted molar refractivity (Wildman–Crippen MR) is 57.7 cm³/mol. The molecule has 1 fully saturated rings. The molecule has 0 bridgehead atoms. The van der Waals surface area contributed by atoms with E-state index in [-0.39, 0.29) is 5.91 Å². The Balaban J connectivity index is 2.72. The Morgan fingerprint density at radius 2 is 2.36 bits per heavy atom. The van der Waals surface area contributed by atoms with Gasteiger partial charge >= 0.3 is 0 Å². The number of likely N-dealkylation sites (tertiary alicyclic amines) is 1. The summed E-state index contributed by atoms with van der Waals surface area (Å²) in [6.45, 7) is 5.39. The molecule has 0 aliphatic carbocycles. The molecule has 1 rings (SSSR count). The van der Waals surface area contributed by atoms with E-state index in [2.05, 4.69) is 9.98 Å². The van der Waals surface area contributed by atoms with Crippen LogP contribution in [0.5, 0.6) is 0 Å². The van der Waals surface area contributed by atoms with Gasteiger partial charge in [-0.25, -0.2) is 4.99 Å². The summed E-state index contributed by atoms with van der Waals surface area (Å²) in [5.74, 6) is 0.724. The van der Waals surface area contributed by atoms with E-state index in [1.807, 2.05) is 13.8 Å². The van der Waals surface area contributed by atoms with Crippen molar-refractivity contribution in [3.63, 3.8) is 0 Å². The van der Waals surface area contributed by atoms with Gasteiger partial charge in [0.25, 0.3) is 0 Å². The molecule has 1 saturated heterocycles. The first kappa shape index (κ1) is 10.9. The van der Waals surface area contributed by atoms with Crippen molar-refractivity contribution in [2.45, 2.75) is 33.1 Å². The number of hydrogen-bond donors (Lipinski definition) is 0. The number of hydrogen-bond acceptors (Lipinski definition) is 2. The summed E-state index contributed by atoms with van der Waals surface area (Å²) < 4.78 is 0. The van der Waals surface area contributed by atoms with Crippen molar-refractivity contribution in [1.29, 1.82) is 0 Å². The van der Waals surface area contributed by atoms with E-state index in [1.165, 1.54) is 0 Å². The second-order valence-corrected chi connectivity index (χ2v) is 3.14. The first-order chi connectivity index (χ1) is 6.79. The molecule has 0 atom stereocenters. The van der Waals surface area contributed by atoms with Crippen LogP contribution in [0.2, 0.25) is 0 Å². The minimum atomic E-state index is 0.144. The number of carbonyl (C=O) groups is 1. The molecule has 0 aromatic carbocycles. The van der Waals surface area contributed by atoms with Crippen LogP contribution in [0.25, 0.3) is 0 Å². The number of nitrogens with zero attached hydrogens (tertiary/aromatic N) is 3. The monoisotopic (exact) mass is 195 g/mol. The van der Waals surface area contributed by atoms with Crippen molar-refractivity contribution in [1.82, 2.24) is 4.90 Å². The van der Waals surface area contributed by atoms with Crippen molar-refractivity contribution in [3.8, 4) is 0 Å². The second-order valence-electron chi connectivity index (χ2n) is 3.14. The van der Waals surface area contributed by atoms with E-state index in [0.717, 1.165) is 19.4 Å². The van der Waals surface area contributed by atoms with Crippen molar-refractivity contribution in [2.75, 3.05) is 13.1 Å². The highest BCUT2D eigenvalue weighted by Gasteiger charge is 2.23. The van der Waals surface area contributed by atoms with Crippen molar-refractivity contribution in [3.05, 3.63) is 0 Å². The lowest BCUT2D eigenvalue weighted by Gasteiger charge is -2.13. The fraction of sp³-hybridized carbons (Fsp3) is 0.700. The first-order valence-corrected chi connectivity index (χ1v) is 5.17. The summed E-state index contributed by atoms with van der Waals surface area (Å²) in [6, 6.07) is 0. The summed E-state index contributed by atoms with van der Waals surface area (Å²) in [6.07, 6.45) is 4.21. The summed E-state index contributed by atoms with van der Waals surface area (Å²) in [4.78, 5) is 21.5. The van der Waals surface area contributed by atoms with Gasteiger partial charge in [-0.05, 0) is 19.8 Å². The van der Waals surface area contributed by atoms with E-state index in [0.29, 0.717) is 18.9 Å². The van der Waals surface area contributed by atoms with Crippen LogP contribution in [0.4, 0.5) is 0 Å². The zero-order valence-corrected chi connectivity index (χ0v) is 8.86. The summed E-state index contributed by atoms with van der Waals surface area (Å²) in [5.41, 5.74) is 0. The van der Waals surface area contributed by atoms with Crippen LogP contribution in [-0.4, -0.2) is 36.1 Å². The number of amides is 1. The highest BCUT2D eigenvalue weighted by atomic mass is 16.2. The number of rotatable bonds is 2. The van der Waals surface area contributed by atoms with Gasteiger partial charge in [-0.1, -0.05) is 6.92 Å². The van der Waals surface area contributed by atoms with Crippen molar-refractivity contribution in [2.24, 2.45) is 9.98 Å². The fourth-order valence-electron chi connectivity index (χ4n) is 1.37. The molecule has 0 spiro atoms. The van der Waals surface area contributed by atoms with Crippen LogP contribution >= 0.6 is 0 Å². The lowest BCUT2D eigenvalue weighted by atomic mass is 10.4. The largest absolute Gasteiger partial charge is 0.281 e. The summed E-state index contributed by atoms with van der Waals surface area (Å²) in [5, 5.41) is 0. The van der Waals surface area contributed by atoms with Gasteiger partial charge in [0.15, 0.2) is 0 Å². The fourth-order valence-corrected chi connectivity index (χ4v) is 1.37. The van der Waals surface area contributed by atoms with Crippen LogP contribution in [0.1, 0.15) is 33.1 Å². The topological polar surface area (TPSA) is 45.0 Å². The number of guanidine groups is 1. The van der Waals surface area contributed by atoms with Crippen molar-refractivity contribution < 1.29 is 4.79 Å². The van der Waals surface area contributed by atoms with E-state index in [1.54, 1.807) is 11.1 Å².